The lowest BCUT2D eigenvalue weighted by atomic mass is 10.1. The monoisotopic (exact) mass is 282 g/mol. The molecule has 1 aliphatic heterocycles. The Bertz CT molecular complexity index is 731. The Labute approximate surface area is 121 Å². The van der Waals surface area contributed by atoms with Gasteiger partial charge in [0.25, 0.3) is 5.91 Å². The maximum Gasteiger partial charge on any atom is 0.278 e. The number of benzene rings is 1. The summed E-state index contributed by atoms with van der Waals surface area (Å²) in [6.07, 6.45) is 1.86. The van der Waals surface area contributed by atoms with Gasteiger partial charge in [-0.05, 0) is 18.2 Å². The smallest absolute Gasteiger partial charge is 0.278 e. The van der Waals surface area contributed by atoms with Gasteiger partial charge in [-0.1, -0.05) is 18.2 Å². The summed E-state index contributed by atoms with van der Waals surface area (Å²) in [7, 11) is 0. The van der Waals surface area contributed by atoms with Crippen molar-refractivity contribution in [2.75, 3.05) is 6.54 Å². The van der Waals surface area contributed by atoms with Gasteiger partial charge in [-0.2, -0.15) is 0 Å². The second-order valence-corrected chi connectivity index (χ2v) is 4.93. The van der Waals surface area contributed by atoms with Gasteiger partial charge in [-0.3, -0.25) is 19.3 Å². The van der Waals surface area contributed by atoms with Crippen LogP contribution in [0.15, 0.2) is 42.6 Å². The van der Waals surface area contributed by atoms with E-state index in [2.05, 4.69) is 0 Å². The third kappa shape index (κ3) is 2.16. The number of carbonyl (C=O) groups excluding carboxylic acids is 3. The Kier molecular flexibility index (Phi) is 3.17. The van der Waals surface area contributed by atoms with E-state index in [-0.39, 0.29) is 30.3 Å². The van der Waals surface area contributed by atoms with E-state index in [9.17, 15) is 14.4 Å². The van der Waals surface area contributed by atoms with Crippen molar-refractivity contribution in [1.29, 1.82) is 0 Å². The third-order valence-electron chi connectivity index (χ3n) is 3.61. The Morgan fingerprint density at radius 1 is 1.10 bits per heavy atom. The van der Waals surface area contributed by atoms with Crippen molar-refractivity contribution >= 4 is 17.6 Å². The van der Waals surface area contributed by atoms with Gasteiger partial charge in [0.15, 0.2) is 5.78 Å². The zero-order valence-electron chi connectivity index (χ0n) is 11.6. The molecule has 1 aromatic heterocycles. The van der Waals surface area contributed by atoms with Crippen molar-refractivity contribution in [2.24, 2.45) is 0 Å². The molecular weight excluding hydrogens is 268 g/mol. The van der Waals surface area contributed by atoms with E-state index in [0.29, 0.717) is 5.56 Å². The molecule has 0 saturated carbocycles. The Balaban J connectivity index is 2.19. The molecule has 0 saturated heterocycles. The van der Waals surface area contributed by atoms with Gasteiger partial charge in [0.1, 0.15) is 5.69 Å². The van der Waals surface area contributed by atoms with E-state index < -0.39 is 5.91 Å². The van der Waals surface area contributed by atoms with Crippen LogP contribution >= 0.6 is 0 Å². The van der Waals surface area contributed by atoms with E-state index >= 15 is 0 Å². The molecule has 2 heterocycles. The second-order valence-electron chi connectivity index (χ2n) is 4.93. The van der Waals surface area contributed by atoms with Crippen LogP contribution in [0.5, 0.6) is 0 Å². The largest absolute Gasteiger partial charge is 0.312 e. The van der Waals surface area contributed by atoms with Crippen molar-refractivity contribution in [2.45, 2.75) is 13.3 Å². The van der Waals surface area contributed by atoms with E-state index in [1.807, 2.05) is 30.3 Å². The number of hydrogen-bond donors (Lipinski definition) is 0. The van der Waals surface area contributed by atoms with Crippen LogP contribution in [0.25, 0.3) is 5.69 Å². The zero-order chi connectivity index (χ0) is 15.0. The first-order valence-electron chi connectivity index (χ1n) is 6.72. The van der Waals surface area contributed by atoms with Crippen LogP contribution in [0.4, 0.5) is 0 Å². The van der Waals surface area contributed by atoms with Crippen LogP contribution in [-0.4, -0.2) is 33.6 Å². The average molecular weight is 282 g/mol. The van der Waals surface area contributed by atoms with Crippen LogP contribution in [-0.2, 0) is 4.79 Å². The first kappa shape index (κ1) is 13.3. The zero-order valence-corrected chi connectivity index (χ0v) is 11.6. The molecule has 2 amide bonds. The Morgan fingerprint density at radius 3 is 2.48 bits per heavy atom. The lowest BCUT2D eigenvalue weighted by Gasteiger charge is -2.17. The predicted molar refractivity (Wildman–Crippen MR) is 76.4 cm³/mol. The standard InChI is InChI=1S/C16H14N2O3/c1-11(19)17-10-8-14(20)13-7-9-18(15(13)16(17)21)12-5-3-2-4-6-12/h2-7,9H,8,10H2,1H3. The van der Waals surface area contributed by atoms with Crippen LogP contribution in [0.3, 0.4) is 0 Å². The van der Waals surface area contributed by atoms with Crippen LogP contribution in [0.2, 0.25) is 0 Å². The fourth-order valence-electron chi connectivity index (χ4n) is 2.56. The number of ketones is 1. The molecule has 3 rings (SSSR count). The summed E-state index contributed by atoms with van der Waals surface area (Å²) >= 11 is 0. The molecule has 0 unspecified atom stereocenters. The SMILES string of the molecule is CC(=O)N1CCC(=O)c2ccn(-c3ccccc3)c2C1=O. The first-order valence-corrected chi connectivity index (χ1v) is 6.72. The molecule has 0 atom stereocenters. The topological polar surface area (TPSA) is 59.4 Å². The highest BCUT2D eigenvalue weighted by atomic mass is 16.2. The number of imide groups is 1. The summed E-state index contributed by atoms with van der Waals surface area (Å²) in [5, 5.41) is 0. The minimum Gasteiger partial charge on any atom is -0.312 e. The van der Waals surface area contributed by atoms with E-state index in [4.69, 9.17) is 0 Å². The van der Waals surface area contributed by atoms with Gasteiger partial charge < -0.3 is 4.57 Å². The lowest BCUT2D eigenvalue weighted by Crippen LogP contribution is -2.36. The summed E-state index contributed by atoms with van der Waals surface area (Å²) in [5.74, 6) is -0.879. The van der Waals surface area contributed by atoms with E-state index in [1.165, 1.54) is 6.92 Å². The lowest BCUT2D eigenvalue weighted by molar-refractivity contribution is -0.126. The molecular formula is C16H14N2O3. The molecule has 0 fully saturated rings. The fourth-order valence-corrected chi connectivity index (χ4v) is 2.56. The molecule has 0 bridgehead atoms. The highest BCUT2D eigenvalue weighted by Gasteiger charge is 2.32. The molecule has 1 aromatic carbocycles. The molecule has 106 valence electrons. The van der Waals surface area contributed by atoms with Crippen molar-refractivity contribution in [3.8, 4) is 5.69 Å². The second kappa shape index (κ2) is 5.01. The summed E-state index contributed by atoms with van der Waals surface area (Å²) in [4.78, 5) is 37.5. The minimum absolute atomic E-state index is 0.114. The van der Waals surface area contributed by atoms with Crippen molar-refractivity contribution in [3.63, 3.8) is 0 Å². The fraction of sp³-hybridized carbons (Fsp3) is 0.188. The maximum atomic E-state index is 12.6. The summed E-state index contributed by atoms with van der Waals surface area (Å²) in [6.45, 7) is 1.47. The number of hydrogen-bond acceptors (Lipinski definition) is 3. The highest BCUT2D eigenvalue weighted by molar-refractivity contribution is 6.13. The molecule has 2 aromatic rings. The molecule has 0 spiro atoms. The van der Waals surface area contributed by atoms with Gasteiger partial charge in [0.05, 0.1) is 0 Å². The summed E-state index contributed by atoms with van der Waals surface area (Å²) in [5.41, 5.74) is 1.43. The summed E-state index contributed by atoms with van der Waals surface area (Å²) in [6, 6.07) is 10.9. The molecule has 5 heteroatoms. The van der Waals surface area contributed by atoms with Crippen LogP contribution in [0, 0.1) is 0 Å². The quantitative estimate of drug-likeness (QED) is 0.804. The number of nitrogens with zero attached hydrogens (tertiary/aromatic N) is 2. The van der Waals surface area contributed by atoms with Crippen LogP contribution in [0.1, 0.15) is 34.2 Å². The number of aromatic nitrogens is 1. The normalized spacial score (nSPS) is 14.8. The number of Topliss-reactive ketones (excluding diaryl/α,β-unsaturated/α-hetero) is 1. The number of rotatable bonds is 1. The van der Waals surface area contributed by atoms with Crippen molar-refractivity contribution < 1.29 is 14.4 Å². The molecule has 0 aliphatic carbocycles. The number of fused-ring (bicyclic) bond motifs is 1. The average Bonchev–Trinajstić information content (AvgIpc) is 2.87. The maximum absolute atomic E-state index is 12.6. The molecule has 5 nitrogen and oxygen atoms in total. The Morgan fingerprint density at radius 2 is 1.81 bits per heavy atom. The highest BCUT2D eigenvalue weighted by Crippen LogP contribution is 2.23. The van der Waals surface area contributed by atoms with E-state index in [1.54, 1.807) is 16.8 Å². The van der Waals surface area contributed by atoms with Gasteiger partial charge in [-0.15, -0.1) is 0 Å². The molecule has 21 heavy (non-hydrogen) atoms. The van der Waals surface area contributed by atoms with Crippen LogP contribution < -0.4 is 0 Å². The third-order valence-corrected chi connectivity index (χ3v) is 3.61. The molecule has 1 aliphatic rings. The van der Waals surface area contributed by atoms with E-state index in [0.717, 1.165) is 10.6 Å². The van der Waals surface area contributed by atoms with Gasteiger partial charge in [0, 0.05) is 37.3 Å². The van der Waals surface area contributed by atoms with Gasteiger partial charge in [-0.25, -0.2) is 0 Å². The Hall–Kier alpha value is -2.69. The number of carbonyl (C=O) groups is 3. The number of para-hydroxylation sites is 1. The van der Waals surface area contributed by atoms with Gasteiger partial charge in [0.2, 0.25) is 5.91 Å². The van der Waals surface area contributed by atoms with Crippen molar-refractivity contribution in [1.82, 2.24) is 9.47 Å². The minimum atomic E-state index is -0.419. The van der Waals surface area contributed by atoms with Gasteiger partial charge >= 0.3 is 0 Å². The first-order chi connectivity index (χ1) is 10.1. The number of amides is 2. The predicted octanol–water partition coefficient (Wildman–Crippen LogP) is 2.05. The molecule has 0 N–H and O–H groups in total. The van der Waals surface area contributed by atoms with Crippen molar-refractivity contribution in [3.05, 3.63) is 53.9 Å². The molecule has 0 radical (unpaired) electrons. The summed E-state index contributed by atoms with van der Waals surface area (Å²) < 4.78 is 1.66.